The summed E-state index contributed by atoms with van der Waals surface area (Å²) in [6.45, 7) is 9.73. The van der Waals surface area contributed by atoms with E-state index in [0.29, 0.717) is 12.1 Å². The summed E-state index contributed by atoms with van der Waals surface area (Å²) in [5.74, 6) is 0. The summed E-state index contributed by atoms with van der Waals surface area (Å²) < 4.78 is 0. The van der Waals surface area contributed by atoms with Gasteiger partial charge in [-0.3, -0.25) is 0 Å². The molecule has 0 amide bonds. The van der Waals surface area contributed by atoms with Crippen LogP contribution >= 0.6 is 12.4 Å². The molecule has 1 N–H and O–H groups in total. The van der Waals surface area contributed by atoms with Crippen LogP contribution in [-0.4, -0.2) is 12.1 Å². The Morgan fingerprint density at radius 3 is 2.64 bits per heavy atom. The molecule has 0 spiro atoms. The van der Waals surface area contributed by atoms with Gasteiger partial charge in [-0.15, -0.1) is 25.6 Å². The first-order chi connectivity index (χ1) is 6.26. The predicted molar refractivity (Wildman–Crippen MR) is 66.0 cm³/mol. The minimum Gasteiger partial charge on any atom is -0.307 e. The van der Waals surface area contributed by atoms with Gasteiger partial charge in [0.05, 0.1) is 0 Å². The molecule has 2 heteroatoms. The molecule has 0 unspecified atom stereocenters. The molecule has 0 saturated carbocycles. The van der Waals surface area contributed by atoms with E-state index < -0.39 is 0 Å². The van der Waals surface area contributed by atoms with Gasteiger partial charge in [-0.25, -0.2) is 0 Å². The highest BCUT2D eigenvalue weighted by atomic mass is 35.5. The van der Waals surface area contributed by atoms with Crippen molar-refractivity contribution in [3.8, 4) is 0 Å². The highest BCUT2D eigenvalue weighted by molar-refractivity contribution is 5.85. The normalized spacial score (nSPS) is 25.9. The molecule has 1 nitrogen and oxygen atoms in total. The molecule has 1 aliphatic heterocycles. The smallest absolute Gasteiger partial charge is 0.0289 e. The maximum absolute atomic E-state index is 3.77. The van der Waals surface area contributed by atoms with Gasteiger partial charge in [0.15, 0.2) is 0 Å². The lowest BCUT2D eigenvalue weighted by Gasteiger charge is -2.28. The zero-order valence-corrected chi connectivity index (χ0v) is 9.65. The average Bonchev–Trinajstić information content (AvgIpc) is 2.04. The van der Waals surface area contributed by atoms with Crippen molar-refractivity contribution in [3.63, 3.8) is 0 Å². The maximum Gasteiger partial charge on any atom is 0.0289 e. The summed E-state index contributed by atoms with van der Waals surface area (Å²) in [7, 11) is 0. The number of hydrogen-bond acceptors (Lipinski definition) is 1. The predicted octanol–water partition coefficient (Wildman–Crippen LogP) is 3.24. The van der Waals surface area contributed by atoms with Crippen LogP contribution in [0.3, 0.4) is 0 Å². The van der Waals surface area contributed by atoms with E-state index in [1.54, 1.807) is 0 Å². The van der Waals surface area contributed by atoms with Gasteiger partial charge < -0.3 is 5.32 Å². The molecule has 0 radical (unpaired) electrons. The van der Waals surface area contributed by atoms with Gasteiger partial charge in [0.25, 0.3) is 0 Å². The Morgan fingerprint density at radius 2 is 2.07 bits per heavy atom. The van der Waals surface area contributed by atoms with Crippen molar-refractivity contribution >= 4 is 12.4 Å². The first kappa shape index (κ1) is 13.5. The third-order valence-corrected chi connectivity index (χ3v) is 2.38. The van der Waals surface area contributed by atoms with E-state index in [4.69, 9.17) is 0 Å². The van der Waals surface area contributed by atoms with E-state index in [1.165, 1.54) is 5.57 Å². The molecule has 0 aliphatic carbocycles. The second-order valence-corrected chi connectivity index (χ2v) is 3.74. The van der Waals surface area contributed by atoms with Crippen LogP contribution in [0, 0.1) is 0 Å². The average molecular weight is 214 g/mol. The van der Waals surface area contributed by atoms with Crippen molar-refractivity contribution in [3.05, 3.63) is 37.0 Å². The van der Waals surface area contributed by atoms with Crippen molar-refractivity contribution in [2.75, 3.05) is 0 Å². The van der Waals surface area contributed by atoms with Gasteiger partial charge in [-0.1, -0.05) is 23.8 Å². The van der Waals surface area contributed by atoms with E-state index in [9.17, 15) is 0 Å². The fourth-order valence-electron chi connectivity index (χ4n) is 1.88. The summed E-state index contributed by atoms with van der Waals surface area (Å²) in [4.78, 5) is 0. The standard InChI is InChI=1S/C12H19N.ClH/c1-4-6-11-8-10(3)9-12(13-11)7-5-2;/h4-5,8,11-13H,1-2,6-7,9H2,3H3;1H/t11-,12+;/m0./s1. The number of halogens is 1. The van der Waals surface area contributed by atoms with E-state index in [2.05, 4.69) is 31.5 Å². The second kappa shape index (κ2) is 6.86. The zero-order chi connectivity index (χ0) is 9.68. The van der Waals surface area contributed by atoms with E-state index in [-0.39, 0.29) is 12.4 Å². The Kier molecular flexibility index (Phi) is 6.60. The zero-order valence-electron chi connectivity index (χ0n) is 8.83. The molecule has 2 atom stereocenters. The Morgan fingerprint density at radius 1 is 1.43 bits per heavy atom. The molecule has 0 aromatic rings. The minimum absolute atomic E-state index is 0. The molecule has 80 valence electrons. The van der Waals surface area contributed by atoms with Crippen LogP contribution in [0.4, 0.5) is 0 Å². The molecule has 1 heterocycles. The molecule has 0 bridgehead atoms. The fraction of sp³-hybridized carbons (Fsp3) is 0.500. The molecule has 0 aromatic carbocycles. The van der Waals surface area contributed by atoms with Crippen LogP contribution < -0.4 is 5.32 Å². The molecule has 14 heavy (non-hydrogen) atoms. The number of hydrogen-bond donors (Lipinski definition) is 1. The SMILES string of the molecule is C=CC[C@@H]1CC(C)=C[C@H](CC=C)N1.Cl. The second-order valence-electron chi connectivity index (χ2n) is 3.74. The van der Waals surface area contributed by atoms with Gasteiger partial charge in [-0.05, 0) is 26.2 Å². The number of nitrogens with one attached hydrogen (secondary N) is 1. The third kappa shape index (κ3) is 4.12. The first-order valence-corrected chi connectivity index (χ1v) is 4.91. The fourth-order valence-corrected chi connectivity index (χ4v) is 1.88. The summed E-state index contributed by atoms with van der Waals surface area (Å²) >= 11 is 0. The maximum atomic E-state index is 3.77. The van der Waals surface area contributed by atoms with Crippen molar-refractivity contribution in [1.82, 2.24) is 5.32 Å². The van der Waals surface area contributed by atoms with Gasteiger partial charge >= 0.3 is 0 Å². The van der Waals surface area contributed by atoms with Crippen LogP contribution in [0.2, 0.25) is 0 Å². The monoisotopic (exact) mass is 213 g/mol. The van der Waals surface area contributed by atoms with Gasteiger partial charge in [0.2, 0.25) is 0 Å². The summed E-state index contributed by atoms with van der Waals surface area (Å²) in [6.07, 6.45) is 9.49. The van der Waals surface area contributed by atoms with Crippen molar-refractivity contribution in [2.45, 2.75) is 38.3 Å². The third-order valence-electron chi connectivity index (χ3n) is 2.38. The lowest BCUT2D eigenvalue weighted by atomic mass is 9.95. The summed E-state index contributed by atoms with van der Waals surface area (Å²) in [5, 5.41) is 3.57. The molecule has 0 saturated heterocycles. The van der Waals surface area contributed by atoms with Gasteiger partial charge in [-0.2, -0.15) is 0 Å². The Bertz CT molecular complexity index is 220. The largest absolute Gasteiger partial charge is 0.307 e. The van der Waals surface area contributed by atoms with E-state index >= 15 is 0 Å². The summed E-state index contributed by atoms with van der Waals surface area (Å²) in [6, 6.07) is 1.06. The molecular weight excluding hydrogens is 194 g/mol. The van der Waals surface area contributed by atoms with E-state index in [1.807, 2.05) is 12.2 Å². The molecule has 0 fully saturated rings. The van der Waals surface area contributed by atoms with Crippen molar-refractivity contribution in [2.24, 2.45) is 0 Å². The first-order valence-electron chi connectivity index (χ1n) is 4.91. The number of rotatable bonds is 4. The van der Waals surface area contributed by atoms with Crippen LogP contribution in [0.15, 0.2) is 37.0 Å². The van der Waals surface area contributed by atoms with Crippen LogP contribution in [0.1, 0.15) is 26.2 Å². The highest BCUT2D eigenvalue weighted by Crippen LogP contribution is 2.17. The topological polar surface area (TPSA) is 12.0 Å². The Labute approximate surface area is 93.4 Å². The van der Waals surface area contributed by atoms with E-state index in [0.717, 1.165) is 19.3 Å². The molecular formula is C12H20ClN. The minimum atomic E-state index is 0. The van der Waals surface area contributed by atoms with Crippen molar-refractivity contribution in [1.29, 1.82) is 0 Å². The lowest BCUT2D eigenvalue weighted by molar-refractivity contribution is 0.444. The lowest BCUT2D eigenvalue weighted by Crippen LogP contribution is -2.40. The molecule has 1 aliphatic rings. The quantitative estimate of drug-likeness (QED) is 0.708. The van der Waals surface area contributed by atoms with Gasteiger partial charge in [0, 0.05) is 12.1 Å². The van der Waals surface area contributed by atoms with Crippen molar-refractivity contribution < 1.29 is 0 Å². The summed E-state index contributed by atoms with van der Waals surface area (Å²) in [5.41, 5.74) is 1.48. The molecule has 0 aromatic heterocycles. The van der Waals surface area contributed by atoms with Crippen LogP contribution in [-0.2, 0) is 0 Å². The van der Waals surface area contributed by atoms with Gasteiger partial charge in [0.1, 0.15) is 0 Å². The Balaban J connectivity index is 0.00000169. The van der Waals surface area contributed by atoms with Crippen LogP contribution in [0.5, 0.6) is 0 Å². The van der Waals surface area contributed by atoms with Crippen LogP contribution in [0.25, 0.3) is 0 Å². The highest BCUT2D eigenvalue weighted by Gasteiger charge is 2.17. The molecule has 1 rings (SSSR count). The Hall–Kier alpha value is -0.530.